The van der Waals surface area contributed by atoms with Gasteiger partial charge in [0.15, 0.2) is 0 Å². The molecule has 1 saturated heterocycles. The molecule has 1 amide bonds. The molecule has 1 fully saturated rings. The molecule has 0 aromatic heterocycles. The lowest BCUT2D eigenvalue weighted by Crippen LogP contribution is -2.45. The number of esters is 2. The molecule has 126 valence electrons. The van der Waals surface area contributed by atoms with Crippen molar-refractivity contribution in [1.29, 1.82) is 0 Å². The van der Waals surface area contributed by atoms with E-state index in [0.717, 1.165) is 12.8 Å². The third-order valence-corrected chi connectivity index (χ3v) is 3.98. The number of hydrogen-bond donors (Lipinski definition) is 1. The van der Waals surface area contributed by atoms with Crippen molar-refractivity contribution in [1.82, 2.24) is 5.32 Å². The first-order valence-electron chi connectivity index (χ1n) is 8.67. The molecule has 1 aliphatic rings. The lowest BCUT2D eigenvalue weighted by atomic mass is 10.1. The number of carbonyl (C=O) groups excluding carboxylic acids is 3. The fourth-order valence-corrected chi connectivity index (χ4v) is 2.61. The highest BCUT2D eigenvalue weighted by molar-refractivity contribution is 5.93. The zero-order chi connectivity index (χ0) is 16.2. The largest absolute Gasteiger partial charge is 0.392 e. The average Bonchev–Trinajstić information content (AvgIpc) is 2.48. The van der Waals surface area contributed by atoms with Gasteiger partial charge < -0.3 is 10.1 Å². The van der Waals surface area contributed by atoms with Crippen molar-refractivity contribution >= 4 is 17.8 Å². The highest BCUT2D eigenvalue weighted by Gasteiger charge is 2.29. The topological polar surface area (TPSA) is 72.5 Å². The van der Waals surface area contributed by atoms with Crippen molar-refractivity contribution in [2.24, 2.45) is 0 Å². The van der Waals surface area contributed by atoms with Gasteiger partial charge in [-0.25, -0.2) is 4.79 Å². The number of amides is 1. The Bertz CT molecular complexity index is 368. The molecular formula is C17H29NO4. The Kier molecular flexibility index (Phi) is 9.51. The zero-order valence-corrected chi connectivity index (χ0v) is 13.7. The van der Waals surface area contributed by atoms with E-state index in [1.807, 2.05) is 0 Å². The lowest BCUT2D eigenvalue weighted by Gasteiger charge is -2.20. The molecule has 1 aliphatic heterocycles. The summed E-state index contributed by atoms with van der Waals surface area (Å²) in [5.74, 6) is -1.26. The predicted molar refractivity (Wildman–Crippen MR) is 84.1 cm³/mol. The Labute approximate surface area is 133 Å². The molecule has 5 heteroatoms. The highest BCUT2D eigenvalue weighted by atomic mass is 16.6. The van der Waals surface area contributed by atoms with E-state index in [1.54, 1.807) is 0 Å². The van der Waals surface area contributed by atoms with E-state index in [1.165, 1.54) is 44.9 Å². The molecule has 0 bridgehead atoms. The van der Waals surface area contributed by atoms with Crippen LogP contribution in [-0.4, -0.2) is 23.9 Å². The summed E-state index contributed by atoms with van der Waals surface area (Å²) in [6, 6.07) is -0.649. The van der Waals surface area contributed by atoms with Crippen LogP contribution in [0, 0.1) is 0 Å². The summed E-state index contributed by atoms with van der Waals surface area (Å²) >= 11 is 0. The maximum atomic E-state index is 11.7. The number of unbranched alkanes of at least 4 members (excludes halogenated alkanes) is 8. The molecule has 0 aliphatic carbocycles. The van der Waals surface area contributed by atoms with E-state index in [0.29, 0.717) is 12.8 Å². The van der Waals surface area contributed by atoms with E-state index < -0.39 is 18.0 Å². The van der Waals surface area contributed by atoms with Gasteiger partial charge >= 0.3 is 11.9 Å². The lowest BCUT2D eigenvalue weighted by molar-refractivity contribution is -0.166. The van der Waals surface area contributed by atoms with Gasteiger partial charge in [0.2, 0.25) is 5.91 Å². The highest BCUT2D eigenvalue weighted by Crippen LogP contribution is 2.12. The van der Waals surface area contributed by atoms with Crippen LogP contribution >= 0.6 is 0 Å². The first-order chi connectivity index (χ1) is 10.6. The van der Waals surface area contributed by atoms with Gasteiger partial charge in [-0.1, -0.05) is 58.3 Å². The number of rotatable bonds is 11. The molecule has 1 atom stereocenters. The molecule has 0 unspecified atom stereocenters. The van der Waals surface area contributed by atoms with E-state index in [-0.39, 0.29) is 12.3 Å². The molecular weight excluding hydrogens is 282 g/mol. The van der Waals surface area contributed by atoms with Crippen LogP contribution < -0.4 is 5.32 Å². The molecule has 1 rings (SSSR count). The van der Waals surface area contributed by atoms with Gasteiger partial charge in [0, 0.05) is 12.8 Å². The van der Waals surface area contributed by atoms with Gasteiger partial charge in [-0.3, -0.25) is 9.59 Å². The normalized spacial score (nSPS) is 18.1. The summed E-state index contributed by atoms with van der Waals surface area (Å²) in [5, 5.41) is 2.65. The van der Waals surface area contributed by atoms with Crippen LogP contribution in [0.1, 0.15) is 84.0 Å². The van der Waals surface area contributed by atoms with Crippen LogP contribution in [-0.2, 0) is 19.1 Å². The van der Waals surface area contributed by atoms with Crippen LogP contribution in [0.5, 0.6) is 0 Å². The maximum absolute atomic E-state index is 11.7. The second kappa shape index (κ2) is 11.2. The van der Waals surface area contributed by atoms with E-state index in [9.17, 15) is 14.4 Å². The Morgan fingerprint density at radius 3 is 2.23 bits per heavy atom. The zero-order valence-electron chi connectivity index (χ0n) is 13.7. The Balaban J connectivity index is 1.97. The molecule has 1 N–H and O–H groups in total. The van der Waals surface area contributed by atoms with Crippen LogP contribution in [0.25, 0.3) is 0 Å². The molecule has 0 spiro atoms. The predicted octanol–water partition coefficient (Wildman–Crippen LogP) is 3.26. The average molecular weight is 311 g/mol. The van der Waals surface area contributed by atoms with Crippen molar-refractivity contribution in [3.05, 3.63) is 0 Å². The summed E-state index contributed by atoms with van der Waals surface area (Å²) in [7, 11) is 0. The van der Waals surface area contributed by atoms with Crippen molar-refractivity contribution in [2.75, 3.05) is 0 Å². The standard InChI is InChI=1S/C17H29NO4/c1-2-3-4-5-6-7-8-9-10-11-15(19)18-14-12-13-16(20)22-17(14)21/h14H,2-13H2,1H3,(H,18,19)/t14-/m1/s1. The molecule has 5 nitrogen and oxygen atoms in total. The third kappa shape index (κ3) is 8.15. The monoisotopic (exact) mass is 311 g/mol. The summed E-state index contributed by atoms with van der Waals surface area (Å²) in [6.45, 7) is 2.22. The van der Waals surface area contributed by atoms with E-state index in [4.69, 9.17) is 0 Å². The van der Waals surface area contributed by atoms with Gasteiger partial charge in [0.25, 0.3) is 0 Å². The summed E-state index contributed by atoms with van der Waals surface area (Å²) in [4.78, 5) is 34.1. The minimum Gasteiger partial charge on any atom is -0.392 e. The minimum absolute atomic E-state index is 0.126. The molecule has 0 radical (unpaired) electrons. The number of nitrogens with one attached hydrogen (secondary N) is 1. The Hall–Kier alpha value is -1.39. The van der Waals surface area contributed by atoms with E-state index in [2.05, 4.69) is 17.0 Å². The van der Waals surface area contributed by atoms with Gasteiger partial charge in [0.1, 0.15) is 6.04 Å². The Morgan fingerprint density at radius 2 is 1.64 bits per heavy atom. The number of carbonyl (C=O) groups is 3. The molecule has 0 aromatic carbocycles. The number of ether oxygens (including phenoxy) is 1. The molecule has 0 saturated carbocycles. The number of hydrogen-bond acceptors (Lipinski definition) is 4. The first kappa shape index (κ1) is 18.7. The third-order valence-electron chi connectivity index (χ3n) is 3.98. The summed E-state index contributed by atoms with van der Waals surface area (Å²) < 4.78 is 4.50. The van der Waals surface area contributed by atoms with Crippen LogP contribution in [0.15, 0.2) is 0 Å². The van der Waals surface area contributed by atoms with Gasteiger partial charge in [-0.2, -0.15) is 0 Å². The van der Waals surface area contributed by atoms with Gasteiger partial charge in [-0.05, 0) is 12.8 Å². The van der Waals surface area contributed by atoms with Crippen molar-refractivity contribution in [3.63, 3.8) is 0 Å². The van der Waals surface area contributed by atoms with Gasteiger partial charge in [-0.15, -0.1) is 0 Å². The second-order valence-corrected chi connectivity index (χ2v) is 6.03. The second-order valence-electron chi connectivity index (χ2n) is 6.03. The van der Waals surface area contributed by atoms with E-state index >= 15 is 0 Å². The van der Waals surface area contributed by atoms with Crippen LogP contribution in [0.3, 0.4) is 0 Å². The quantitative estimate of drug-likeness (QED) is 0.361. The summed E-state index contributed by atoms with van der Waals surface area (Å²) in [6.07, 6.45) is 11.8. The fourth-order valence-electron chi connectivity index (χ4n) is 2.61. The van der Waals surface area contributed by atoms with Crippen LogP contribution in [0.2, 0.25) is 0 Å². The first-order valence-corrected chi connectivity index (χ1v) is 8.67. The maximum Gasteiger partial charge on any atom is 0.336 e. The molecule has 22 heavy (non-hydrogen) atoms. The Morgan fingerprint density at radius 1 is 1.05 bits per heavy atom. The molecule has 1 heterocycles. The molecule has 0 aromatic rings. The fraction of sp³-hybridized carbons (Fsp3) is 0.824. The number of cyclic esters (lactones) is 2. The van der Waals surface area contributed by atoms with Crippen molar-refractivity contribution in [3.8, 4) is 0 Å². The summed E-state index contributed by atoms with van der Waals surface area (Å²) in [5.41, 5.74) is 0. The van der Waals surface area contributed by atoms with Crippen molar-refractivity contribution < 1.29 is 19.1 Å². The SMILES string of the molecule is CCCCCCCCCCCC(=O)N[C@@H]1CCC(=O)OC1=O. The van der Waals surface area contributed by atoms with Crippen molar-refractivity contribution in [2.45, 2.75) is 90.0 Å². The van der Waals surface area contributed by atoms with Gasteiger partial charge in [0.05, 0.1) is 0 Å². The minimum atomic E-state index is -0.649. The van der Waals surface area contributed by atoms with Crippen LogP contribution in [0.4, 0.5) is 0 Å². The smallest absolute Gasteiger partial charge is 0.336 e.